The van der Waals surface area contributed by atoms with Crippen LogP contribution in [-0.2, 0) is 34.6 Å². The molecule has 3 aromatic carbocycles. The van der Waals surface area contributed by atoms with Crippen molar-refractivity contribution in [1.29, 1.82) is 0 Å². The van der Waals surface area contributed by atoms with Gasteiger partial charge in [0.1, 0.15) is 0 Å². The molecule has 0 aliphatic heterocycles. The van der Waals surface area contributed by atoms with Crippen LogP contribution in [0.1, 0.15) is 58.2 Å². The van der Waals surface area contributed by atoms with Crippen molar-refractivity contribution in [2.45, 2.75) is 57.8 Å². The van der Waals surface area contributed by atoms with Crippen LogP contribution in [0.25, 0.3) is 0 Å². The normalized spacial score (nSPS) is 11.0. The average molecular weight is 527 g/mol. The van der Waals surface area contributed by atoms with Gasteiger partial charge in [-0.15, -0.1) is 16.2 Å². The maximum absolute atomic E-state index is 4.04. The SMILES string of the molecule is [CH2-]C(C)(C)c1ccccc1.[CH2-]C(C)(C)c1ccccc1.[CH2-]C(C)(C)c1ccccc1.[Ti+3][Br]. The van der Waals surface area contributed by atoms with Crippen molar-refractivity contribution in [1.82, 2.24) is 0 Å². The van der Waals surface area contributed by atoms with E-state index in [-0.39, 0.29) is 16.2 Å². The first-order valence-electron chi connectivity index (χ1n) is 10.7. The molecule has 0 atom stereocenters. The van der Waals surface area contributed by atoms with E-state index in [2.05, 4.69) is 112 Å². The third-order valence-electron chi connectivity index (χ3n) is 4.67. The molecular formula is C30H39BrTi. The molecule has 0 saturated heterocycles. The fourth-order valence-corrected chi connectivity index (χ4v) is 2.67. The summed E-state index contributed by atoms with van der Waals surface area (Å²) >= 11 is 4.75. The van der Waals surface area contributed by atoms with Crippen molar-refractivity contribution >= 4 is 13.2 Å². The van der Waals surface area contributed by atoms with Crippen LogP contribution >= 0.6 is 13.2 Å². The predicted molar refractivity (Wildman–Crippen MR) is 143 cm³/mol. The van der Waals surface area contributed by atoms with Crippen LogP contribution < -0.4 is 0 Å². The standard InChI is InChI=1S/3C10H13.BrH.Ti/c3*1-10(2,3)9-7-5-4-6-8-9;;/h3*4-8H,1H2,2-3H3;1H;/q3*-1;;+4/p-1. The van der Waals surface area contributed by atoms with Gasteiger partial charge in [0.15, 0.2) is 0 Å². The summed E-state index contributed by atoms with van der Waals surface area (Å²) in [7, 11) is 0. The molecule has 170 valence electrons. The molecule has 0 saturated carbocycles. The molecule has 0 fully saturated rings. The molecule has 0 aliphatic carbocycles. The summed E-state index contributed by atoms with van der Waals surface area (Å²) in [5, 5.41) is 0. The number of hydrogen-bond acceptors (Lipinski definition) is 0. The molecule has 0 spiro atoms. The summed E-state index contributed by atoms with van der Waals surface area (Å²) in [4.78, 5) is 0. The fourth-order valence-electron chi connectivity index (χ4n) is 2.67. The third kappa shape index (κ3) is 13.4. The molecule has 0 amide bonds. The number of halogens is 1. The Morgan fingerprint density at radius 3 is 0.688 bits per heavy atom. The van der Waals surface area contributed by atoms with E-state index >= 15 is 0 Å². The van der Waals surface area contributed by atoms with Crippen molar-refractivity contribution in [3.63, 3.8) is 0 Å². The van der Waals surface area contributed by atoms with Crippen LogP contribution in [0, 0.1) is 20.8 Å². The van der Waals surface area contributed by atoms with E-state index < -0.39 is 0 Å². The molecule has 0 N–H and O–H groups in total. The van der Waals surface area contributed by atoms with E-state index in [1.807, 2.05) is 72.9 Å². The van der Waals surface area contributed by atoms with Gasteiger partial charge < -0.3 is 20.8 Å². The minimum absolute atomic E-state index is 0.0429. The number of rotatable bonds is 3. The second-order valence-electron chi connectivity index (χ2n) is 9.75. The van der Waals surface area contributed by atoms with Gasteiger partial charge in [0.25, 0.3) is 0 Å². The van der Waals surface area contributed by atoms with Crippen molar-refractivity contribution in [2.75, 3.05) is 0 Å². The predicted octanol–water partition coefficient (Wildman–Crippen LogP) is 9.24. The molecule has 0 aromatic heterocycles. The van der Waals surface area contributed by atoms with Crippen molar-refractivity contribution in [3.8, 4) is 0 Å². The Morgan fingerprint density at radius 1 is 0.438 bits per heavy atom. The summed E-state index contributed by atoms with van der Waals surface area (Å²) in [5.41, 5.74) is 3.99. The van der Waals surface area contributed by atoms with Gasteiger partial charge in [-0.25, -0.2) is 0 Å². The molecule has 0 radical (unpaired) electrons. The molecule has 3 aromatic rings. The van der Waals surface area contributed by atoms with Crippen LogP contribution in [0.4, 0.5) is 0 Å². The fraction of sp³-hybridized carbons (Fsp3) is 0.300. The van der Waals surface area contributed by atoms with Crippen LogP contribution in [-0.4, -0.2) is 0 Å². The van der Waals surface area contributed by atoms with Gasteiger partial charge in [-0.05, 0) is 0 Å². The molecule has 0 heterocycles. The van der Waals surface area contributed by atoms with Gasteiger partial charge >= 0.3 is 31.5 Å². The summed E-state index contributed by atoms with van der Waals surface area (Å²) in [5.74, 6) is 0. The Labute approximate surface area is 216 Å². The molecule has 0 unspecified atom stereocenters. The van der Waals surface area contributed by atoms with Crippen LogP contribution in [0.5, 0.6) is 0 Å². The van der Waals surface area contributed by atoms with E-state index in [4.69, 9.17) is 0 Å². The summed E-state index contributed by atoms with van der Waals surface area (Å²) in [6.45, 7) is 24.8. The molecule has 0 aliphatic rings. The third-order valence-corrected chi connectivity index (χ3v) is 4.67. The molecule has 0 bridgehead atoms. The zero-order valence-corrected chi connectivity index (χ0v) is 23.8. The summed E-state index contributed by atoms with van der Waals surface area (Å²) in [6.07, 6.45) is 0. The Bertz CT molecular complexity index is 704. The first-order chi connectivity index (χ1) is 14.8. The van der Waals surface area contributed by atoms with E-state index in [0.717, 1.165) is 0 Å². The Kier molecular flexibility index (Phi) is 14.4. The maximum atomic E-state index is 4.04. The van der Waals surface area contributed by atoms with Gasteiger partial charge in [-0.3, -0.25) is 0 Å². The molecule has 0 nitrogen and oxygen atoms in total. The first-order valence-corrected chi connectivity index (χ1v) is 14.6. The van der Waals surface area contributed by atoms with E-state index in [9.17, 15) is 0 Å². The van der Waals surface area contributed by atoms with E-state index in [0.29, 0.717) is 0 Å². The van der Waals surface area contributed by atoms with Crippen LogP contribution in [0.2, 0.25) is 0 Å². The van der Waals surface area contributed by atoms with Crippen molar-refractivity contribution in [2.24, 2.45) is 0 Å². The van der Waals surface area contributed by atoms with Gasteiger partial charge in [0, 0.05) is 0 Å². The second kappa shape index (κ2) is 14.9. The number of benzene rings is 3. The Hall–Kier alpha value is -1.15. The zero-order valence-electron chi connectivity index (χ0n) is 20.7. The van der Waals surface area contributed by atoms with Crippen LogP contribution in [0.3, 0.4) is 0 Å². The summed E-state index contributed by atoms with van der Waals surface area (Å²) < 4.78 is 0. The molecule has 32 heavy (non-hydrogen) atoms. The van der Waals surface area contributed by atoms with Crippen molar-refractivity contribution in [3.05, 3.63) is 128 Å². The number of hydrogen-bond donors (Lipinski definition) is 0. The van der Waals surface area contributed by atoms with E-state index in [1.165, 1.54) is 16.7 Å². The minimum atomic E-state index is 0.0429. The molecule has 2 heteroatoms. The molecular weight excluding hydrogens is 488 g/mol. The Balaban J connectivity index is 0.000000433. The zero-order chi connectivity index (χ0) is 24.8. The quantitative estimate of drug-likeness (QED) is 0.235. The van der Waals surface area contributed by atoms with Gasteiger partial charge in [0.05, 0.1) is 0 Å². The van der Waals surface area contributed by atoms with Gasteiger partial charge in [-0.2, -0.15) is 0 Å². The Morgan fingerprint density at radius 2 is 0.594 bits per heavy atom. The monoisotopic (exact) mass is 526 g/mol. The second-order valence-corrected chi connectivity index (χ2v) is 9.75. The van der Waals surface area contributed by atoms with Crippen LogP contribution in [0.15, 0.2) is 91.0 Å². The van der Waals surface area contributed by atoms with Gasteiger partial charge in [0.2, 0.25) is 0 Å². The molecule has 3 rings (SSSR count). The average Bonchev–Trinajstić information content (AvgIpc) is 2.76. The summed E-state index contributed by atoms with van der Waals surface area (Å²) in [6, 6.07) is 31.0. The van der Waals surface area contributed by atoms with E-state index in [1.54, 1.807) is 0 Å². The first kappa shape index (κ1) is 30.9. The van der Waals surface area contributed by atoms with Gasteiger partial charge in [-0.1, -0.05) is 149 Å². The topological polar surface area (TPSA) is 0 Å². The van der Waals surface area contributed by atoms with Crippen molar-refractivity contribution < 1.29 is 18.3 Å².